The Balaban J connectivity index is 1.80. The molecule has 1 aliphatic heterocycles. The molecule has 0 atom stereocenters. The van der Waals surface area contributed by atoms with Crippen LogP contribution in [0.25, 0.3) is 17.2 Å². The third-order valence-electron chi connectivity index (χ3n) is 4.79. The standard InChI is InChI=1S/C23H26N2O2S/c1-14(2)9-10-24-19-7-5-17(6-8-19)20-12-15(3)18(11-16(20)4)13-21-22(26)25-23(27)28-21/h5-8,11-14,24H,9-10H2,1-4H3,(H,25,26,27)/b21-13-. The molecule has 4 nitrogen and oxygen atoms in total. The second-order valence-electron chi connectivity index (χ2n) is 7.56. The summed E-state index contributed by atoms with van der Waals surface area (Å²) in [6.07, 6.45) is 2.94. The molecule has 0 bridgehead atoms. The van der Waals surface area contributed by atoms with E-state index in [1.165, 1.54) is 5.56 Å². The van der Waals surface area contributed by atoms with Crippen LogP contribution in [0.1, 0.15) is 37.0 Å². The molecule has 28 heavy (non-hydrogen) atoms. The lowest BCUT2D eigenvalue weighted by Crippen LogP contribution is -2.17. The molecule has 3 rings (SSSR count). The lowest BCUT2D eigenvalue weighted by atomic mass is 9.94. The maximum Gasteiger partial charge on any atom is 0.290 e. The Kier molecular flexibility index (Phi) is 6.25. The Morgan fingerprint density at radius 1 is 1.07 bits per heavy atom. The number of rotatable bonds is 6. The second kappa shape index (κ2) is 8.65. The van der Waals surface area contributed by atoms with E-state index in [1.807, 2.05) is 6.92 Å². The van der Waals surface area contributed by atoms with Crippen molar-refractivity contribution in [3.05, 3.63) is 58.0 Å². The number of carbonyl (C=O) groups is 2. The van der Waals surface area contributed by atoms with Gasteiger partial charge in [-0.2, -0.15) is 0 Å². The average Bonchev–Trinajstić information content (AvgIpc) is 2.95. The van der Waals surface area contributed by atoms with Gasteiger partial charge in [-0.1, -0.05) is 38.1 Å². The van der Waals surface area contributed by atoms with Gasteiger partial charge in [-0.3, -0.25) is 14.9 Å². The van der Waals surface area contributed by atoms with Crippen LogP contribution in [-0.4, -0.2) is 17.7 Å². The molecule has 0 aliphatic carbocycles. The van der Waals surface area contributed by atoms with E-state index in [0.717, 1.165) is 52.7 Å². The minimum Gasteiger partial charge on any atom is -0.385 e. The van der Waals surface area contributed by atoms with Gasteiger partial charge in [-0.05, 0) is 84.0 Å². The minimum atomic E-state index is -0.323. The highest BCUT2D eigenvalue weighted by atomic mass is 32.2. The van der Waals surface area contributed by atoms with Gasteiger partial charge in [0.1, 0.15) is 0 Å². The predicted molar refractivity (Wildman–Crippen MR) is 118 cm³/mol. The highest BCUT2D eigenvalue weighted by Gasteiger charge is 2.25. The summed E-state index contributed by atoms with van der Waals surface area (Å²) >= 11 is 0.948. The molecular weight excluding hydrogens is 368 g/mol. The molecule has 1 heterocycles. The first kappa shape index (κ1) is 20.2. The van der Waals surface area contributed by atoms with Crippen LogP contribution >= 0.6 is 11.8 Å². The van der Waals surface area contributed by atoms with Gasteiger partial charge in [-0.25, -0.2) is 0 Å². The molecule has 2 N–H and O–H groups in total. The van der Waals surface area contributed by atoms with Crippen LogP contribution in [0.2, 0.25) is 0 Å². The summed E-state index contributed by atoms with van der Waals surface area (Å²) in [5, 5.41) is 5.44. The first-order chi connectivity index (χ1) is 13.3. The minimum absolute atomic E-state index is 0.315. The van der Waals surface area contributed by atoms with E-state index in [-0.39, 0.29) is 11.1 Å². The zero-order valence-corrected chi connectivity index (χ0v) is 17.6. The van der Waals surface area contributed by atoms with Gasteiger partial charge in [0.2, 0.25) is 0 Å². The zero-order chi connectivity index (χ0) is 20.3. The SMILES string of the molecule is Cc1cc(-c2ccc(NCCC(C)C)cc2)c(C)cc1/C=C1\SC(=O)NC1=O. The van der Waals surface area contributed by atoms with Crippen LogP contribution in [0, 0.1) is 19.8 Å². The maximum atomic E-state index is 11.8. The molecule has 0 spiro atoms. The van der Waals surface area contributed by atoms with Crippen molar-refractivity contribution in [3.8, 4) is 11.1 Å². The summed E-state index contributed by atoms with van der Waals surface area (Å²) in [4.78, 5) is 23.6. The van der Waals surface area contributed by atoms with E-state index in [0.29, 0.717) is 10.8 Å². The van der Waals surface area contributed by atoms with Crippen molar-refractivity contribution in [1.29, 1.82) is 0 Å². The Hall–Kier alpha value is -2.53. The van der Waals surface area contributed by atoms with Crippen LogP contribution in [0.15, 0.2) is 41.3 Å². The number of imide groups is 1. The number of aryl methyl sites for hydroxylation is 2. The monoisotopic (exact) mass is 394 g/mol. The number of amides is 2. The molecule has 0 radical (unpaired) electrons. The lowest BCUT2D eigenvalue weighted by molar-refractivity contribution is -0.115. The number of thioether (sulfide) groups is 1. The van der Waals surface area contributed by atoms with E-state index in [9.17, 15) is 9.59 Å². The van der Waals surface area contributed by atoms with Crippen molar-refractivity contribution in [3.63, 3.8) is 0 Å². The van der Waals surface area contributed by atoms with Crippen LogP contribution in [0.3, 0.4) is 0 Å². The van der Waals surface area contributed by atoms with Gasteiger partial charge in [0, 0.05) is 12.2 Å². The first-order valence-electron chi connectivity index (χ1n) is 9.54. The zero-order valence-electron chi connectivity index (χ0n) is 16.8. The highest BCUT2D eigenvalue weighted by molar-refractivity contribution is 8.18. The van der Waals surface area contributed by atoms with Gasteiger partial charge in [-0.15, -0.1) is 0 Å². The van der Waals surface area contributed by atoms with E-state index in [4.69, 9.17) is 0 Å². The number of hydrogen-bond donors (Lipinski definition) is 2. The number of hydrogen-bond acceptors (Lipinski definition) is 4. The molecule has 1 aliphatic rings. The molecular formula is C23H26N2O2S. The fourth-order valence-corrected chi connectivity index (χ4v) is 3.81. The Morgan fingerprint density at radius 3 is 2.39 bits per heavy atom. The van der Waals surface area contributed by atoms with E-state index >= 15 is 0 Å². The smallest absolute Gasteiger partial charge is 0.290 e. The molecule has 0 saturated carbocycles. The summed E-state index contributed by atoms with van der Waals surface area (Å²) in [6.45, 7) is 9.53. The number of anilines is 1. The van der Waals surface area contributed by atoms with E-state index < -0.39 is 0 Å². The fourth-order valence-electron chi connectivity index (χ4n) is 3.14. The quantitative estimate of drug-likeness (QED) is 0.612. The number of benzene rings is 2. The van der Waals surface area contributed by atoms with Gasteiger partial charge >= 0.3 is 0 Å². The second-order valence-corrected chi connectivity index (χ2v) is 8.58. The molecule has 2 amide bonds. The number of carbonyl (C=O) groups excluding carboxylic acids is 2. The topological polar surface area (TPSA) is 58.2 Å². The Labute approximate surface area is 170 Å². The van der Waals surface area contributed by atoms with Crippen molar-refractivity contribution < 1.29 is 9.59 Å². The summed E-state index contributed by atoms with van der Waals surface area (Å²) in [6, 6.07) is 12.7. The summed E-state index contributed by atoms with van der Waals surface area (Å²) < 4.78 is 0. The van der Waals surface area contributed by atoms with E-state index in [1.54, 1.807) is 6.08 Å². The lowest BCUT2D eigenvalue weighted by Gasteiger charge is -2.12. The van der Waals surface area contributed by atoms with Crippen molar-refractivity contribution in [2.75, 3.05) is 11.9 Å². The fraction of sp³-hybridized carbons (Fsp3) is 0.304. The van der Waals surface area contributed by atoms with Crippen LogP contribution < -0.4 is 10.6 Å². The molecule has 5 heteroatoms. The van der Waals surface area contributed by atoms with Crippen LogP contribution in [-0.2, 0) is 4.79 Å². The number of nitrogens with one attached hydrogen (secondary N) is 2. The third kappa shape index (κ3) is 4.84. The molecule has 0 unspecified atom stereocenters. The van der Waals surface area contributed by atoms with Crippen molar-refractivity contribution in [2.24, 2.45) is 5.92 Å². The van der Waals surface area contributed by atoms with Crippen molar-refractivity contribution >= 4 is 34.7 Å². The highest BCUT2D eigenvalue weighted by Crippen LogP contribution is 2.31. The maximum absolute atomic E-state index is 11.8. The molecule has 2 aromatic rings. The van der Waals surface area contributed by atoms with Crippen LogP contribution in [0.5, 0.6) is 0 Å². The third-order valence-corrected chi connectivity index (χ3v) is 5.60. The van der Waals surface area contributed by atoms with Gasteiger partial charge in [0.15, 0.2) is 0 Å². The normalized spacial score (nSPS) is 15.4. The molecule has 2 aromatic carbocycles. The molecule has 1 fully saturated rings. The van der Waals surface area contributed by atoms with Crippen LogP contribution in [0.4, 0.5) is 10.5 Å². The van der Waals surface area contributed by atoms with Gasteiger partial charge in [0.25, 0.3) is 11.1 Å². The summed E-state index contributed by atoms with van der Waals surface area (Å²) in [5.74, 6) is 0.370. The molecule has 1 saturated heterocycles. The molecule has 146 valence electrons. The largest absolute Gasteiger partial charge is 0.385 e. The predicted octanol–water partition coefficient (Wildman–Crippen LogP) is 5.75. The van der Waals surface area contributed by atoms with Gasteiger partial charge in [0.05, 0.1) is 4.91 Å². The Bertz CT molecular complexity index is 930. The summed E-state index contributed by atoms with van der Waals surface area (Å²) in [7, 11) is 0. The van der Waals surface area contributed by atoms with Crippen molar-refractivity contribution in [2.45, 2.75) is 34.1 Å². The summed E-state index contributed by atoms with van der Waals surface area (Å²) in [5.41, 5.74) is 6.63. The Morgan fingerprint density at radius 2 is 1.79 bits per heavy atom. The first-order valence-corrected chi connectivity index (χ1v) is 10.4. The van der Waals surface area contributed by atoms with Crippen molar-refractivity contribution in [1.82, 2.24) is 5.32 Å². The van der Waals surface area contributed by atoms with Gasteiger partial charge < -0.3 is 5.32 Å². The van der Waals surface area contributed by atoms with E-state index in [2.05, 4.69) is 67.8 Å². The average molecular weight is 395 g/mol. The molecule has 0 aromatic heterocycles.